The van der Waals surface area contributed by atoms with Crippen LogP contribution >= 0.6 is 15.9 Å². The number of nitrogens with one attached hydrogen (secondary N) is 1. The molecule has 1 aromatic rings. The van der Waals surface area contributed by atoms with Crippen LogP contribution in [0.3, 0.4) is 0 Å². The van der Waals surface area contributed by atoms with Crippen molar-refractivity contribution in [2.75, 3.05) is 11.9 Å². The van der Waals surface area contributed by atoms with Crippen LogP contribution in [0.25, 0.3) is 0 Å². The van der Waals surface area contributed by atoms with Gasteiger partial charge < -0.3 is 5.32 Å². The zero-order valence-electron chi connectivity index (χ0n) is 11.6. The molecule has 0 unspecified atom stereocenters. The van der Waals surface area contributed by atoms with Gasteiger partial charge in [0.2, 0.25) is 0 Å². The number of rotatable bonds is 5. The van der Waals surface area contributed by atoms with Crippen LogP contribution in [-0.2, 0) is 6.54 Å². The van der Waals surface area contributed by atoms with E-state index in [0.717, 1.165) is 25.1 Å². The lowest BCUT2D eigenvalue weighted by molar-refractivity contribution is 0.442. The molecule has 0 fully saturated rings. The molecule has 1 heterocycles. The molecule has 18 heavy (non-hydrogen) atoms. The van der Waals surface area contributed by atoms with E-state index in [1.54, 1.807) is 6.20 Å². The quantitative estimate of drug-likeness (QED) is 0.907. The van der Waals surface area contributed by atoms with Gasteiger partial charge in [-0.25, -0.2) is 4.68 Å². The monoisotopic (exact) mass is 315 g/mol. The highest BCUT2D eigenvalue weighted by Gasteiger charge is 2.13. The Morgan fingerprint density at radius 3 is 2.67 bits per heavy atom. The Labute approximate surface area is 117 Å². The van der Waals surface area contributed by atoms with Gasteiger partial charge in [0, 0.05) is 13.1 Å². The standard InChI is InChI=1S/C13H22BrN3O/c1-5-6-7-17-12(18)11(14)10(8-16-17)15-9-13(2,3)4/h8,15H,5-7,9H2,1-4H3. The minimum atomic E-state index is -0.0673. The third kappa shape index (κ3) is 4.44. The van der Waals surface area contributed by atoms with E-state index in [4.69, 9.17) is 0 Å². The lowest BCUT2D eigenvalue weighted by atomic mass is 9.97. The molecule has 1 rings (SSSR count). The Balaban J connectivity index is 2.84. The maximum atomic E-state index is 12.0. The van der Waals surface area contributed by atoms with E-state index in [2.05, 4.69) is 54.0 Å². The summed E-state index contributed by atoms with van der Waals surface area (Å²) < 4.78 is 2.08. The van der Waals surface area contributed by atoms with Crippen LogP contribution in [0.4, 0.5) is 5.69 Å². The van der Waals surface area contributed by atoms with Crippen molar-refractivity contribution in [1.29, 1.82) is 0 Å². The molecule has 0 radical (unpaired) electrons. The van der Waals surface area contributed by atoms with E-state index in [9.17, 15) is 4.79 Å². The van der Waals surface area contributed by atoms with Crippen molar-refractivity contribution in [1.82, 2.24) is 9.78 Å². The molecule has 0 saturated heterocycles. The summed E-state index contributed by atoms with van der Waals surface area (Å²) >= 11 is 3.35. The van der Waals surface area contributed by atoms with Gasteiger partial charge >= 0.3 is 0 Å². The van der Waals surface area contributed by atoms with Gasteiger partial charge in [-0.1, -0.05) is 34.1 Å². The third-order valence-corrected chi connectivity index (χ3v) is 3.28. The van der Waals surface area contributed by atoms with Crippen LogP contribution in [-0.4, -0.2) is 16.3 Å². The molecule has 0 amide bonds. The van der Waals surface area contributed by atoms with Gasteiger partial charge in [0.05, 0.1) is 11.9 Å². The molecule has 0 bridgehead atoms. The molecule has 0 aromatic carbocycles. The van der Waals surface area contributed by atoms with Crippen molar-refractivity contribution in [3.63, 3.8) is 0 Å². The van der Waals surface area contributed by atoms with Gasteiger partial charge in [-0.05, 0) is 27.8 Å². The Morgan fingerprint density at radius 1 is 1.44 bits per heavy atom. The maximum Gasteiger partial charge on any atom is 0.283 e. The largest absolute Gasteiger partial charge is 0.382 e. The summed E-state index contributed by atoms with van der Waals surface area (Å²) in [7, 11) is 0. The SMILES string of the molecule is CCCCn1ncc(NCC(C)(C)C)c(Br)c1=O. The number of unbranched alkanes of at least 4 members (excludes halogenated alkanes) is 1. The van der Waals surface area contributed by atoms with E-state index in [1.807, 2.05) is 0 Å². The van der Waals surface area contributed by atoms with Crippen LogP contribution in [0.15, 0.2) is 15.5 Å². The van der Waals surface area contributed by atoms with Gasteiger partial charge in [-0.3, -0.25) is 4.79 Å². The van der Waals surface area contributed by atoms with Crippen molar-refractivity contribution in [2.24, 2.45) is 5.41 Å². The van der Waals surface area contributed by atoms with Gasteiger partial charge in [0.1, 0.15) is 4.47 Å². The Morgan fingerprint density at radius 2 is 2.11 bits per heavy atom. The van der Waals surface area contributed by atoms with Gasteiger partial charge in [-0.2, -0.15) is 5.10 Å². The lowest BCUT2D eigenvalue weighted by Gasteiger charge is -2.20. The van der Waals surface area contributed by atoms with Crippen molar-refractivity contribution in [3.05, 3.63) is 21.0 Å². The minimum absolute atomic E-state index is 0.0673. The van der Waals surface area contributed by atoms with Gasteiger partial charge in [0.25, 0.3) is 5.56 Å². The second-order valence-corrected chi connectivity index (χ2v) is 6.46. The molecule has 0 spiro atoms. The fourth-order valence-electron chi connectivity index (χ4n) is 1.42. The summed E-state index contributed by atoms with van der Waals surface area (Å²) in [6.45, 7) is 10.00. The fraction of sp³-hybridized carbons (Fsp3) is 0.692. The summed E-state index contributed by atoms with van der Waals surface area (Å²) in [4.78, 5) is 12.0. The van der Waals surface area contributed by atoms with E-state index in [-0.39, 0.29) is 11.0 Å². The summed E-state index contributed by atoms with van der Waals surface area (Å²) in [5.41, 5.74) is 0.862. The first-order chi connectivity index (χ1) is 8.35. The zero-order chi connectivity index (χ0) is 13.8. The normalized spacial score (nSPS) is 11.6. The fourth-order valence-corrected chi connectivity index (χ4v) is 1.86. The number of halogens is 1. The number of aryl methyl sites for hydroxylation is 1. The van der Waals surface area contributed by atoms with Crippen LogP contribution in [0.2, 0.25) is 0 Å². The molecule has 0 aliphatic heterocycles. The first-order valence-electron chi connectivity index (χ1n) is 6.34. The predicted octanol–water partition coefficient (Wildman–Crippen LogP) is 3.26. The van der Waals surface area contributed by atoms with E-state index in [1.165, 1.54) is 4.68 Å². The molecule has 102 valence electrons. The van der Waals surface area contributed by atoms with Crippen molar-refractivity contribution in [2.45, 2.75) is 47.1 Å². The zero-order valence-corrected chi connectivity index (χ0v) is 13.2. The number of aromatic nitrogens is 2. The van der Waals surface area contributed by atoms with Crippen LogP contribution in [0.5, 0.6) is 0 Å². The second-order valence-electron chi connectivity index (χ2n) is 5.67. The summed E-state index contributed by atoms with van der Waals surface area (Å²) in [6, 6.07) is 0. The van der Waals surface area contributed by atoms with Crippen LogP contribution < -0.4 is 10.9 Å². The highest BCUT2D eigenvalue weighted by Crippen LogP contribution is 2.19. The Bertz CT molecular complexity index is 449. The molecule has 1 aromatic heterocycles. The van der Waals surface area contributed by atoms with Gasteiger partial charge in [-0.15, -0.1) is 0 Å². The number of hydrogen-bond donors (Lipinski definition) is 1. The second kappa shape index (κ2) is 6.36. The lowest BCUT2D eigenvalue weighted by Crippen LogP contribution is -2.26. The number of anilines is 1. The van der Waals surface area contributed by atoms with Crippen molar-refractivity contribution >= 4 is 21.6 Å². The average Bonchev–Trinajstić information content (AvgIpc) is 2.28. The molecule has 4 nitrogen and oxygen atoms in total. The van der Waals surface area contributed by atoms with Crippen LogP contribution in [0.1, 0.15) is 40.5 Å². The Kier molecular flexibility index (Phi) is 5.38. The van der Waals surface area contributed by atoms with E-state index in [0.29, 0.717) is 11.0 Å². The summed E-state index contributed by atoms with van der Waals surface area (Å²) in [5, 5.41) is 7.44. The molecule has 5 heteroatoms. The first kappa shape index (κ1) is 15.2. The molecule has 1 N–H and O–H groups in total. The predicted molar refractivity (Wildman–Crippen MR) is 79.0 cm³/mol. The maximum absolute atomic E-state index is 12.0. The Hall–Kier alpha value is -0.840. The highest BCUT2D eigenvalue weighted by molar-refractivity contribution is 9.10. The van der Waals surface area contributed by atoms with Crippen LogP contribution in [0, 0.1) is 5.41 Å². The topological polar surface area (TPSA) is 46.9 Å². The smallest absolute Gasteiger partial charge is 0.283 e. The molecule has 0 aliphatic carbocycles. The van der Waals surface area contributed by atoms with Gasteiger partial charge in [0.15, 0.2) is 0 Å². The molecule has 0 saturated carbocycles. The average molecular weight is 316 g/mol. The summed E-state index contributed by atoms with van der Waals surface area (Å²) in [5.74, 6) is 0. The van der Waals surface area contributed by atoms with Crippen molar-refractivity contribution < 1.29 is 0 Å². The molecule has 0 aliphatic rings. The third-order valence-electron chi connectivity index (χ3n) is 2.52. The minimum Gasteiger partial charge on any atom is -0.382 e. The van der Waals surface area contributed by atoms with E-state index < -0.39 is 0 Å². The number of hydrogen-bond acceptors (Lipinski definition) is 3. The highest BCUT2D eigenvalue weighted by atomic mass is 79.9. The summed E-state index contributed by atoms with van der Waals surface area (Å²) in [6.07, 6.45) is 3.73. The molecular formula is C13H22BrN3O. The molecular weight excluding hydrogens is 294 g/mol. The van der Waals surface area contributed by atoms with Crippen molar-refractivity contribution in [3.8, 4) is 0 Å². The van der Waals surface area contributed by atoms with E-state index >= 15 is 0 Å². The number of nitrogens with zero attached hydrogens (tertiary/aromatic N) is 2. The first-order valence-corrected chi connectivity index (χ1v) is 7.14. The molecule has 0 atom stereocenters.